The molecule has 0 bridgehead atoms. The van der Waals surface area contributed by atoms with Gasteiger partial charge in [-0.25, -0.2) is 0 Å². The fourth-order valence-corrected chi connectivity index (χ4v) is 1.63. The van der Waals surface area contributed by atoms with Gasteiger partial charge in [-0.15, -0.1) is 0 Å². The Labute approximate surface area is 95.6 Å². The predicted molar refractivity (Wildman–Crippen MR) is 65.8 cm³/mol. The van der Waals surface area contributed by atoms with Crippen LogP contribution in [0.3, 0.4) is 0 Å². The van der Waals surface area contributed by atoms with Crippen molar-refractivity contribution >= 4 is 6.21 Å². The van der Waals surface area contributed by atoms with E-state index in [1.807, 2.05) is 30.3 Å². The Bertz CT molecular complexity index is 431. The van der Waals surface area contributed by atoms with Crippen LogP contribution in [-0.4, -0.2) is 6.21 Å². The standard InChI is InChI=1S/C14H15NO/c1-2-14(12-7-4-3-5-8-12)15-11-13-9-6-10-16-13/h3-11,14H,2H2,1H3/t14-/m0/s1. The second kappa shape index (κ2) is 5.31. The number of hydrogen-bond acceptors (Lipinski definition) is 2. The molecule has 0 fully saturated rings. The molecule has 0 aliphatic rings. The van der Waals surface area contributed by atoms with Gasteiger partial charge in [0.2, 0.25) is 0 Å². The van der Waals surface area contributed by atoms with Crippen molar-refractivity contribution < 1.29 is 4.42 Å². The summed E-state index contributed by atoms with van der Waals surface area (Å²) in [5.74, 6) is 0.800. The molecule has 0 unspecified atom stereocenters. The Kier molecular flexibility index (Phi) is 3.54. The lowest BCUT2D eigenvalue weighted by atomic mass is 10.1. The Morgan fingerprint density at radius 3 is 2.62 bits per heavy atom. The van der Waals surface area contributed by atoms with Crippen LogP contribution >= 0.6 is 0 Å². The third-order valence-electron chi connectivity index (χ3n) is 2.50. The number of hydrogen-bond donors (Lipinski definition) is 0. The zero-order valence-corrected chi connectivity index (χ0v) is 9.34. The van der Waals surface area contributed by atoms with Gasteiger partial charge in [-0.3, -0.25) is 4.99 Å². The molecule has 82 valence electrons. The van der Waals surface area contributed by atoms with Crippen LogP contribution in [0, 0.1) is 0 Å². The van der Waals surface area contributed by atoms with Crippen molar-refractivity contribution in [3.8, 4) is 0 Å². The highest BCUT2D eigenvalue weighted by Gasteiger charge is 2.05. The summed E-state index contributed by atoms with van der Waals surface area (Å²) in [6, 6.07) is 14.3. The summed E-state index contributed by atoms with van der Waals surface area (Å²) >= 11 is 0. The van der Waals surface area contributed by atoms with Crippen molar-refractivity contribution in [2.75, 3.05) is 0 Å². The molecule has 1 atom stereocenters. The minimum absolute atomic E-state index is 0.214. The van der Waals surface area contributed by atoms with E-state index in [1.165, 1.54) is 5.56 Å². The maximum Gasteiger partial charge on any atom is 0.144 e. The van der Waals surface area contributed by atoms with Crippen LogP contribution in [0.5, 0.6) is 0 Å². The monoisotopic (exact) mass is 213 g/mol. The van der Waals surface area contributed by atoms with E-state index >= 15 is 0 Å². The molecule has 0 saturated carbocycles. The zero-order valence-electron chi connectivity index (χ0n) is 9.34. The molecule has 0 N–H and O–H groups in total. The van der Waals surface area contributed by atoms with Crippen LogP contribution in [-0.2, 0) is 0 Å². The van der Waals surface area contributed by atoms with Gasteiger partial charge in [-0.05, 0) is 24.1 Å². The SMILES string of the molecule is CC[C@H](N=Cc1ccco1)c1ccccc1. The third kappa shape index (κ3) is 2.60. The predicted octanol–water partition coefficient (Wildman–Crippen LogP) is 3.85. The average molecular weight is 213 g/mol. The van der Waals surface area contributed by atoms with E-state index in [2.05, 4.69) is 24.0 Å². The first-order chi connectivity index (χ1) is 7.90. The summed E-state index contributed by atoms with van der Waals surface area (Å²) in [5, 5.41) is 0. The molecule has 2 nitrogen and oxygen atoms in total. The van der Waals surface area contributed by atoms with Gasteiger partial charge >= 0.3 is 0 Å². The second-order valence-electron chi connectivity index (χ2n) is 3.63. The first-order valence-corrected chi connectivity index (χ1v) is 5.51. The normalized spacial score (nSPS) is 13.1. The molecule has 1 aromatic heterocycles. The Morgan fingerprint density at radius 2 is 2.00 bits per heavy atom. The molecule has 2 heteroatoms. The largest absolute Gasteiger partial charge is 0.463 e. The molecular formula is C14H15NO. The van der Waals surface area contributed by atoms with Gasteiger partial charge in [0.1, 0.15) is 5.76 Å². The van der Waals surface area contributed by atoms with E-state index in [-0.39, 0.29) is 6.04 Å². The van der Waals surface area contributed by atoms with E-state index in [1.54, 1.807) is 12.5 Å². The van der Waals surface area contributed by atoms with Crippen molar-refractivity contribution in [2.45, 2.75) is 19.4 Å². The van der Waals surface area contributed by atoms with Gasteiger partial charge in [0.15, 0.2) is 0 Å². The highest BCUT2D eigenvalue weighted by atomic mass is 16.3. The smallest absolute Gasteiger partial charge is 0.144 e. The molecule has 0 amide bonds. The summed E-state index contributed by atoms with van der Waals surface area (Å²) in [5.41, 5.74) is 1.24. The fraction of sp³-hybridized carbons (Fsp3) is 0.214. The summed E-state index contributed by atoms with van der Waals surface area (Å²) in [6.07, 6.45) is 4.44. The van der Waals surface area contributed by atoms with E-state index in [0.29, 0.717) is 0 Å². The van der Waals surface area contributed by atoms with Gasteiger partial charge in [0.25, 0.3) is 0 Å². The lowest BCUT2D eigenvalue weighted by Crippen LogP contribution is -1.93. The number of benzene rings is 1. The lowest BCUT2D eigenvalue weighted by Gasteiger charge is -2.09. The van der Waals surface area contributed by atoms with Gasteiger partial charge in [-0.2, -0.15) is 0 Å². The van der Waals surface area contributed by atoms with Crippen LogP contribution in [0.1, 0.15) is 30.7 Å². The molecule has 1 aromatic carbocycles. The van der Waals surface area contributed by atoms with Gasteiger partial charge < -0.3 is 4.42 Å². The Balaban J connectivity index is 2.12. The molecule has 0 aliphatic carbocycles. The fourth-order valence-electron chi connectivity index (χ4n) is 1.63. The van der Waals surface area contributed by atoms with E-state index < -0.39 is 0 Å². The van der Waals surface area contributed by atoms with Crippen molar-refractivity contribution in [3.63, 3.8) is 0 Å². The van der Waals surface area contributed by atoms with Gasteiger partial charge in [0, 0.05) is 0 Å². The second-order valence-corrected chi connectivity index (χ2v) is 3.63. The van der Waals surface area contributed by atoms with E-state index in [9.17, 15) is 0 Å². The summed E-state index contributed by atoms with van der Waals surface area (Å²) in [4.78, 5) is 4.54. The third-order valence-corrected chi connectivity index (χ3v) is 2.50. The molecule has 0 saturated heterocycles. The Morgan fingerprint density at radius 1 is 1.19 bits per heavy atom. The highest BCUT2D eigenvalue weighted by Crippen LogP contribution is 2.20. The van der Waals surface area contributed by atoms with Gasteiger partial charge in [0.05, 0.1) is 18.5 Å². The number of furan rings is 1. The first kappa shape index (κ1) is 10.7. The first-order valence-electron chi connectivity index (χ1n) is 5.51. The molecule has 1 heterocycles. The number of rotatable bonds is 4. The molecule has 2 rings (SSSR count). The summed E-state index contributed by atoms with van der Waals surface area (Å²) < 4.78 is 5.21. The molecule has 0 spiro atoms. The number of nitrogens with zero attached hydrogens (tertiary/aromatic N) is 1. The van der Waals surface area contributed by atoms with Crippen molar-refractivity contribution in [1.82, 2.24) is 0 Å². The van der Waals surface area contributed by atoms with Crippen LogP contribution < -0.4 is 0 Å². The molecule has 0 aliphatic heterocycles. The summed E-state index contributed by atoms with van der Waals surface area (Å²) in [6.45, 7) is 2.14. The number of aliphatic imine (C=N–C) groups is 1. The van der Waals surface area contributed by atoms with Gasteiger partial charge in [-0.1, -0.05) is 37.3 Å². The van der Waals surface area contributed by atoms with Crippen LogP contribution in [0.2, 0.25) is 0 Å². The zero-order chi connectivity index (χ0) is 11.2. The van der Waals surface area contributed by atoms with Crippen molar-refractivity contribution in [3.05, 3.63) is 60.1 Å². The topological polar surface area (TPSA) is 25.5 Å². The van der Waals surface area contributed by atoms with Crippen molar-refractivity contribution in [2.24, 2.45) is 4.99 Å². The molecule has 2 aromatic rings. The molecular weight excluding hydrogens is 198 g/mol. The maximum absolute atomic E-state index is 5.21. The van der Waals surface area contributed by atoms with Crippen LogP contribution in [0.25, 0.3) is 0 Å². The minimum atomic E-state index is 0.214. The molecule has 0 radical (unpaired) electrons. The summed E-state index contributed by atoms with van der Waals surface area (Å²) in [7, 11) is 0. The lowest BCUT2D eigenvalue weighted by molar-refractivity contribution is 0.558. The highest BCUT2D eigenvalue weighted by molar-refractivity contribution is 5.75. The van der Waals surface area contributed by atoms with Crippen molar-refractivity contribution in [1.29, 1.82) is 0 Å². The van der Waals surface area contributed by atoms with E-state index in [0.717, 1.165) is 12.2 Å². The Hall–Kier alpha value is -1.83. The van der Waals surface area contributed by atoms with Crippen LogP contribution in [0.15, 0.2) is 58.1 Å². The average Bonchev–Trinajstić information content (AvgIpc) is 2.84. The minimum Gasteiger partial charge on any atom is -0.463 e. The van der Waals surface area contributed by atoms with Crippen LogP contribution in [0.4, 0.5) is 0 Å². The quantitative estimate of drug-likeness (QED) is 0.708. The molecule has 16 heavy (non-hydrogen) atoms. The van der Waals surface area contributed by atoms with E-state index in [4.69, 9.17) is 4.42 Å². The maximum atomic E-state index is 5.21.